The Kier molecular flexibility index (Phi) is 25.7. The van der Waals surface area contributed by atoms with Crippen LogP contribution < -0.4 is 15.1 Å². The Hall–Kier alpha value is 1.71. The summed E-state index contributed by atoms with van der Waals surface area (Å²) in [4.78, 5) is 0. The Morgan fingerprint density at radius 2 is 1.00 bits per heavy atom. The fraction of sp³-hybridized carbons (Fsp3) is 0. The van der Waals surface area contributed by atoms with E-state index in [0.29, 0.717) is 0 Å². The second-order valence-corrected chi connectivity index (χ2v) is 0.289. The van der Waals surface area contributed by atoms with Gasteiger partial charge in [-0.3, -0.25) is 7.32 Å². The van der Waals surface area contributed by atoms with Crippen LogP contribution in [0.15, 0.2) is 0 Å². The third-order valence-corrected chi connectivity index (χ3v) is 0. The minimum atomic E-state index is -2.92. The summed E-state index contributed by atoms with van der Waals surface area (Å²) >= 11 is 0. The van der Waals surface area contributed by atoms with Gasteiger partial charge in [-0.25, -0.2) is 0 Å². The van der Waals surface area contributed by atoms with E-state index in [1.807, 2.05) is 0 Å². The molecule has 0 aliphatic carbocycles. The van der Waals surface area contributed by atoms with E-state index in [4.69, 9.17) is 15.1 Å². The Labute approximate surface area is 75.9 Å². The fourth-order valence-corrected chi connectivity index (χ4v) is 0. The average Bonchev–Trinajstić information content (AvgIpc) is 0.811. The summed E-state index contributed by atoms with van der Waals surface area (Å²) in [5.74, 6) is 0. The molecule has 0 atom stereocenters. The number of hydrogen-bond donors (Lipinski definition) is 0. The Morgan fingerprint density at radius 3 is 1.00 bits per heavy atom. The normalized spacial score (nSPS) is 4.50. The van der Waals surface area contributed by atoms with Crippen LogP contribution in [0, 0.1) is 36.9 Å². The molecule has 0 aliphatic rings. The van der Waals surface area contributed by atoms with E-state index in [2.05, 4.69) is 0 Å². The van der Waals surface area contributed by atoms with Crippen molar-refractivity contribution >= 4 is 24.7 Å². The van der Waals surface area contributed by atoms with Crippen LogP contribution in [0.1, 0.15) is 0 Å². The molecule has 0 saturated heterocycles. The molecule has 34 valence electrons. The van der Waals surface area contributed by atoms with Gasteiger partial charge in [0.25, 0.3) is 0 Å². The van der Waals surface area contributed by atoms with Crippen LogP contribution in [0.5, 0.6) is 0 Å². The molecule has 0 rings (SSSR count). The number of hydrogen-bond acceptors (Lipinski definition) is 3. The molecule has 0 heterocycles. The third-order valence-electron chi connectivity index (χ3n) is 0. The first-order valence-corrected chi connectivity index (χ1v) is 0.707. The quantitative estimate of drug-likeness (QED) is 0.411. The van der Waals surface area contributed by atoms with Crippen molar-refractivity contribution in [2.75, 3.05) is 0 Å². The van der Waals surface area contributed by atoms with E-state index in [0.717, 1.165) is 0 Å². The summed E-state index contributed by atoms with van der Waals surface area (Å²) in [5.41, 5.74) is 0. The maximum Gasteiger partial charge on any atom is 3.00 e. The molecule has 0 spiro atoms. The summed E-state index contributed by atoms with van der Waals surface area (Å²) in [7, 11) is -2.92. The monoisotopic (exact) mass is 255 g/mol. The van der Waals surface area contributed by atoms with Crippen LogP contribution in [0.4, 0.5) is 0 Å². The summed E-state index contributed by atoms with van der Waals surface area (Å²) in [5, 5.41) is 25.2. The van der Waals surface area contributed by atoms with Crippen LogP contribution in [0.3, 0.4) is 0 Å². The van der Waals surface area contributed by atoms with Crippen molar-refractivity contribution in [1.29, 1.82) is 0 Å². The van der Waals surface area contributed by atoms with Gasteiger partial charge in [0.15, 0.2) is 0 Å². The maximum absolute atomic E-state index is 8.42. The SMILES string of the molecule is [Al+3].[O-]B([O-])[O-].[Tm+3]. The van der Waals surface area contributed by atoms with Gasteiger partial charge in [-0.15, -0.1) is 0 Å². The van der Waals surface area contributed by atoms with Crippen LogP contribution in [0.2, 0.25) is 0 Å². The van der Waals surface area contributed by atoms with E-state index in [1.54, 1.807) is 0 Å². The van der Waals surface area contributed by atoms with Gasteiger partial charge in [0.2, 0.25) is 0 Å². The third kappa shape index (κ3) is 43.3. The van der Waals surface area contributed by atoms with Crippen molar-refractivity contribution in [3.63, 3.8) is 0 Å². The maximum atomic E-state index is 8.42. The molecule has 0 N–H and O–H groups in total. The molecule has 0 aromatic carbocycles. The van der Waals surface area contributed by atoms with Crippen molar-refractivity contribution in [2.45, 2.75) is 0 Å². The van der Waals surface area contributed by atoms with Gasteiger partial charge in [0.05, 0.1) is 0 Å². The minimum absolute atomic E-state index is 0. The van der Waals surface area contributed by atoms with Gasteiger partial charge < -0.3 is 15.1 Å². The minimum Gasteiger partial charge on any atom is -0.907 e. The van der Waals surface area contributed by atoms with E-state index >= 15 is 0 Å². The Balaban J connectivity index is -0.0000000450. The smallest absolute Gasteiger partial charge is 0.907 e. The van der Waals surface area contributed by atoms with Crippen LogP contribution >= 0.6 is 0 Å². The van der Waals surface area contributed by atoms with E-state index < -0.39 is 7.32 Å². The molecule has 0 aliphatic heterocycles. The van der Waals surface area contributed by atoms with Gasteiger partial charge in [-0.2, -0.15) is 0 Å². The first kappa shape index (κ1) is 15.6. The van der Waals surface area contributed by atoms with Gasteiger partial charge in [-0.1, -0.05) is 0 Å². The first-order chi connectivity index (χ1) is 1.73. The zero-order valence-corrected chi connectivity index (χ0v) is 5.59. The topological polar surface area (TPSA) is 69.2 Å². The molecule has 0 fully saturated rings. The standard InChI is InChI=1S/Al.BO3.Tm/c;2-1(3)4;/q+3;-3;+3. The molecule has 0 saturated carbocycles. The summed E-state index contributed by atoms with van der Waals surface area (Å²) < 4.78 is 0. The molecule has 0 aromatic heterocycles. The molecule has 0 aromatic rings. The predicted molar refractivity (Wildman–Crippen MR) is 11.5 cm³/mol. The van der Waals surface area contributed by atoms with Crippen molar-refractivity contribution in [2.24, 2.45) is 0 Å². The van der Waals surface area contributed by atoms with E-state index in [9.17, 15) is 0 Å². The van der Waals surface area contributed by atoms with Crippen molar-refractivity contribution in [3.8, 4) is 0 Å². The molecule has 0 amide bonds. The van der Waals surface area contributed by atoms with E-state index in [1.165, 1.54) is 0 Å². The molecule has 0 bridgehead atoms. The second-order valence-electron chi connectivity index (χ2n) is 0.289. The molecular formula is AlBO3Tm+3. The molecule has 6 heavy (non-hydrogen) atoms. The summed E-state index contributed by atoms with van der Waals surface area (Å²) in [6.07, 6.45) is 0. The van der Waals surface area contributed by atoms with Crippen LogP contribution in [0.25, 0.3) is 0 Å². The van der Waals surface area contributed by atoms with Crippen LogP contribution in [-0.4, -0.2) is 24.7 Å². The molecular weight excluding hydrogens is 255 g/mol. The van der Waals surface area contributed by atoms with Crippen molar-refractivity contribution < 1.29 is 51.9 Å². The van der Waals surface area contributed by atoms with Crippen LogP contribution in [-0.2, 0) is 0 Å². The molecule has 0 radical (unpaired) electrons. The number of rotatable bonds is 0. The van der Waals surface area contributed by atoms with Gasteiger partial charge >= 0.3 is 54.2 Å². The largest absolute Gasteiger partial charge is 3.00 e. The van der Waals surface area contributed by atoms with Gasteiger partial charge in [0.1, 0.15) is 0 Å². The molecule has 6 heteroatoms. The average molecular weight is 255 g/mol. The van der Waals surface area contributed by atoms with Gasteiger partial charge in [-0.05, 0) is 0 Å². The van der Waals surface area contributed by atoms with E-state index in [-0.39, 0.29) is 54.2 Å². The van der Waals surface area contributed by atoms with Crippen molar-refractivity contribution in [1.82, 2.24) is 0 Å². The first-order valence-electron chi connectivity index (χ1n) is 0.707. The second kappa shape index (κ2) is 9.86. The summed E-state index contributed by atoms with van der Waals surface area (Å²) in [6.45, 7) is 0. The summed E-state index contributed by atoms with van der Waals surface area (Å²) in [6, 6.07) is 0. The Bertz CT molecular complexity index is 15.5. The van der Waals surface area contributed by atoms with Gasteiger partial charge in [0, 0.05) is 0 Å². The Morgan fingerprint density at radius 1 is 1.00 bits per heavy atom. The molecule has 3 nitrogen and oxygen atoms in total. The fourth-order valence-electron chi connectivity index (χ4n) is 0. The van der Waals surface area contributed by atoms with Crippen molar-refractivity contribution in [3.05, 3.63) is 0 Å². The zero-order chi connectivity index (χ0) is 3.58. The predicted octanol–water partition coefficient (Wildman–Crippen LogP) is -4.33. The molecule has 0 unspecified atom stereocenters. The zero-order valence-electron chi connectivity index (χ0n) is 2.66.